The van der Waals surface area contributed by atoms with Gasteiger partial charge in [0.25, 0.3) is 0 Å². The van der Waals surface area contributed by atoms with Crippen LogP contribution in [0, 0.1) is 11.3 Å². The summed E-state index contributed by atoms with van der Waals surface area (Å²) >= 11 is 0. The molecule has 0 aliphatic heterocycles. The number of hydrogen-bond acceptors (Lipinski definition) is 3. The number of amides is 2. The maximum atomic E-state index is 12.0. The second kappa shape index (κ2) is 9.33. The largest absolute Gasteiger partial charge is 0.372 e. The molecule has 0 saturated heterocycles. The van der Waals surface area contributed by atoms with Crippen LogP contribution in [0.25, 0.3) is 0 Å². The Bertz CT molecular complexity index is 695. The van der Waals surface area contributed by atoms with Crippen LogP contribution in [0.1, 0.15) is 29.7 Å². The molecule has 0 aliphatic carbocycles. The molecule has 0 saturated carbocycles. The quantitative estimate of drug-likeness (QED) is 0.822. The molecule has 2 aromatic rings. The van der Waals surface area contributed by atoms with E-state index in [1.807, 2.05) is 43.3 Å². The highest BCUT2D eigenvalue weighted by Crippen LogP contribution is 2.15. The topological polar surface area (TPSA) is 74.2 Å². The van der Waals surface area contributed by atoms with Crippen molar-refractivity contribution < 1.29 is 9.53 Å². The van der Waals surface area contributed by atoms with Gasteiger partial charge in [-0.3, -0.25) is 0 Å². The van der Waals surface area contributed by atoms with Crippen LogP contribution < -0.4 is 10.6 Å². The standard InChI is InChI=1S/C19H21N3O2/c1-2-24-18(17-9-4-3-5-10-17)14-22-19(23)21-13-16-8-6-7-15(11-16)12-20/h3-11,18H,2,13-14H2,1H3,(H2,21,22,23)/t18-/m1/s1. The van der Waals surface area contributed by atoms with Gasteiger partial charge in [0.2, 0.25) is 0 Å². The summed E-state index contributed by atoms with van der Waals surface area (Å²) in [4.78, 5) is 12.0. The molecule has 124 valence electrons. The number of urea groups is 1. The van der Waals surface area contributed by atoms with Gasteiger partial charge >= 0.3 is 6.03 Å². The number of nitrogens with zero attached hydrogens (tertiary/aromatic N) is 1. The first kappa shape index (κ1) is 17.5. The Labute approximate surface area is 142 Å². The van der Waals surface area contributed by atoms with Crippen molar-refractivity contribution in [2.75, 3.05) is 13.2 Å². The molecule has 2 amide bonds. The number of ether oxygens (including phenoxy) is 1. The molecule has 2 rings (SSSR count). The summed E-state index contributed by atoms with van der Waals surface area (Å²) in [7, 11) is 0. The van der Waals surface area contributed by atoms with E-state index < -0.39 is 0 Å². The number of rotatable bonds is 7. The molecule has 24 heavy (non-hydrogen) atoms. The maximum Gasteiger partial charge on any atom is 0.315 e. The Morgan fingerprint density at radius 3 is 2.67 bits per heavy atom. The fourth-order valence-corrected chi connectivity index (χ4v) is 2.32. The molecule has 0 aliphatic rings. The predicted octanol–water partition coefficient (Wildman–Crippen LogP) is 3.14. The van der Waals surface area contributed by atoms with Crippen LogP contribution in [-0.4, -0.2) is 19.2 Å². The molecule has 0 radical (unpaired) electrons. The second-order valence-corrected chi connectivity index (χ2v) is 5.23. The van der Waals surface area contributed by atoms with Gasteiger partial charge in [-0.25, -0.2) is 4.79 Å². The molecule has 5 nitrogen and oxygen atoms in total. The van der Waals surface area contributed by atoms with Crippen molar-refractivity contribution in [2.24, 2.45) is 0 Å². The lowest BCUT2D eigenvalue weighted by Crippen LogP contribution is -2.37. The Hall–Kier alpha value is -2.84. The first-order chi connectivity index (χ1) is 11.7. The summed E-state index contributed by atoms with van der Waals surface area (Å²) in [5.74, 6) is 0. The smallest absolute Gasteiger partial charge is 0.315 e. The molecule has 2 aromatic carbocycles. The maximum absolute atomic E-state index is 12.0. The Morgan fingerprint density at radius 1 is 1.17 bits per heavy atom. The third-order valence-corrected chi connectivity index (χ3v) is 3.50. The lowest BCUT2D eigenvalue weighted by molar-refractivity contribution is 0.0639. The molecular weight excluding hydrogens is 302 g/mol. The van der Waals surface area contributed by atoms with E-state index in [1.165, 1.54) is 0 Å². The van der Waals surface area contributed by atoms with Crippen molar-refractivity contribution in [3.63, 3.8) is 0 Å². The lowest BCUT2D eigenvalue weighted by atomic mass is 10.1. The van der Waals surface area contributed by atoms with Crippen LogP contribution in [0.5, 0.6) is 0 Å². The third kappa shape index (κ3) is 5.41. The fourth-order valence-electron chi connectivity index (χ4n) is 2.32. The molecule has 0 heterocycles. The highest BCUT2D eigenvalue weighted by atomic mass is 16.5. The van der Waals surface area contributed by atoms with Gasteiger partial charge in [0.1, 0.15) is 0 Å². The van der Waals surface area contributed by atoms with Crippen molar-refractivity contribution in [1.29, 1.82) is 5.26 Å². The normalized spacial score (nSPS) is 11.3. The van der Waals surface area contributed by atoms with E-state index in [2.05, 4.69) is 16.7 Å². The van der Waals surface area contributed by atoms with E-state index in [9.17, 15) is 4.79 Å². The second-order valence-electron chi connectivity index (χ2n) is 5.23. The number of carbonyl (C=O) groups is 1. The summed E-state index contributed by atoms with van der Waals surface area (Å²) in [5, 5.41) is 14.5. The zero-order chi connectivity index (χ0) is 17.2. The van der Waals surface area contributed by atoms with Crippen LogP contribution in [0.15, 0.2) is 54.6 Å². The average Bonchev–Trinajstić information content (AvgIpc) is 2.64. The molecule has 0 spiro atoms. The van der Waals surface area contributed by atoms with Gasteiger partial charge in [-0.1, -0.05) is 42.5 Å². The van der Waals surface area contributed by atoms with Gasteiger partial charge < -0.3 is 15.4 Å². The van der Waals surface area contributed by atoms with Crippen molar-refractivity contribution >= 4 is 6.03 Å². The van der Waals surface area contributed by atoms with Crippen molar-refractivity contribution in [2.45, 2.75) is 19.6 Å². The number of benzene rings is 2. The Balaban J connectivity index is 1.84. The molecule has 0 fully saturated rings. The lowest BCUT2D eigenvalue weighted by Gasteiger charge is -2.18. The number of nitriles is 1. The zero-order valence-electron chi connectivity index (χ0n) is 13.7. The predicted molar refractivity (Wildman–Crippen MR) is 92.2 cm³/mol. The minimum Gasteiger partial charge on any atom is -0.372 e. The highest BCUT2D eigenvalue weighted by Gasteiger charge is 2.12. The summed E-state index contributed by atoms with van der Waals surface area (Å²) in [5.41, 5.74) is 2.49. The average molecular weight is 323 g/mol. The summed E-state index contributed by atoms with van der Waals surface area (Å²) in [6.07, 6.45) is -0.177. The van der Waals surface area contributed by atoms with E-state index in [4.69, 9.17) is 10.00 Å². The summed E-state index contributed by atoms with van der Waals surface area (Å²) < 4.78 is 5.69. The third-order valence-electron chi connectivity index (χ3n) is 3.50. The van der Waals surface area contributed by atoms with Gasteiger partial charge in [-0.05, 0) is 30.2 Å². The summed E-state index contributed by atoms with van der Waals surface area (Å²) in [6, 6.07) is 18.8. The van der Waals surface area contributed by atoms with E-state index in [-0.39, 0.29) is 12.1 Å². The van der Waals surface area contributed by atoms with Gasteiger partial charge in [0.05, 0.1) is 17.7 Å². The van der Waals surface area contributed by atoms with E-state index in [1.54, 1.807) is 18.2 Å². The van der Waals surface area contributed by atoms with Crippen molar-refractivity contribution in [3.05, 3.63) is 71.3 Å². The minimum atomic E-state index is -0.266. The SMILES string of the molecule is CCO[C@H](CNC(=O)NCc1cccc(C#N)c1)c1ccccc1. The first-order valence-electron chi connectivity index (χ1n) is 7.90. The molecular formula is C19H21N3O2. The van der Waals surface area contributed by atoms with Crippen LogP contribution >= 0.6 is 0 Å². The Kier molecular flexibility index (Phi) is 6.81. The number of hydrogen-bond donors (Lipinski definition) is 2. The number of nitrogens with one attached hydrogen (secondary N) is 2. The van der Waals surface area contributed by atoms with Crippen LogP contribution in [0.4, 0.5) is 4.79 Å². The first-order valence-corrected chi connectivity index (χ1v) is 7.90. The molecule has 0 unspecified atom stereocenters. The summed E-state index contributed by atoms with van der Waals surface area (Å²) in [6.45, 7) is 3.26. The molecule has 1 atom stereocenters. The van der Waals surface area contributed by atoms with Gasteiger partial charge in [0.15, 0.2) is 0 Å². The van der Waals surface area contributed by atoms with Crippen molar-refractivity contribution in [3.8, 4) is 6.07 Å². The van der Waals surface area contributed by atoms with Gasteiger partial charge in [0, 0.05) is 19.7 Å². The molecule has 0 aromatic heterocycles. The van der Waals surface area contributed by atoms with E-state index in [0.29, 0.717) is 25.3 Å². The minimum absolute atomic E-state index is 0.177. The molecule has 5 heteroatoms. The van der Waals surface area contributed by atoms with Crippen LogP contribution in [0.3, 0.4) is 0 Å². The zero-order valence-corrected chi connectivity index (χ0v) is 13.7. The molecule has 0 bridgehead atoms. The fraction of sp³-hybridized carbons (Fsp3) is 0.263. The van der Waals surface area contributed by atoms with Crippen molar-refractivity contribution in [1.82, 2.24) is 10.6 Å². The van der Waals surface area contributed by atoms with E-state index in [0.717, 1.165) is 11.1 Å². The van der Waals surface area contributed by atoms with E-state index >= 15 is 0 Å². The Morgan fingerprint density at radius 2 is 1.96 bits per heavy atom. The number of carbonyl (C=O) groups excluding carboxylic acids is 1. The van der Waals surface area contributed by atoms with Crippen LogP contribution in [0.2, 0.25) is 0 Å². The van der Waals surface area contributed by atoms with Gasteiger partial charge in [-0.2, -0.15) is 5.26 Å². The molecule has 2 N–H and O–H groups in total. The van der Waals surface area contributed by atoms with Gasteiger partial charge in [-0.15, -0.1) is 0 Å². The van der Waals surface area contributed by atoms with Crippen LogP contribution in [-0.2, 0) is 11.3 Å². The highest BCUT2D eigenvalue weighted by molar-refractivity contribution is 5.73. The monoisotopic (exact) mass is 323 g/mol.